The van der Waals surface area contributed by atoms with Gasteiger partial charge in [-0.15, -0.1) is 0 Å². The molecule has 1 fully saturated rings. The van der Waals surface area contributed by atoms with Crippen LogP contribution >= 0.6 is 0 Å². The lowest BCUT2D eigenvalue weighted by Crippen LogP contribution is -2.20. The van der Waals surface area contributed by atoms with Gasteiger partial charge in [0.1, 0.15) is 5.75 Å². The van der Waals surface area contributed by atoms with Gasteiger partial charge in [-0.25, -0.2) is 0 Å². The Bertz CT molecular complexity index is 421. The Balaban J connectivity index is 2.16. The SMILES string of the molecule is COc1ccc(C(C)N)cc1CN1CC(C)C(C)C1. The number of nitrogens with zero attached hydrogens (tertiary/aromatic N) is 1. The summed E-state index contributed by atoms with van der Waals surface area (Å²) < 4.78 is 5.48. The minimum atomic E-state index is 0.0704. The minimum Gasteiger partial charge on any atom is -0.496 e. The van der Waals surface area contributed by atoms with Gasteiger partial charge in [0.15, 0.2) is 0 Å². The highest BCUT2D eigenvalue weighted by Gasteiger charge is 2.26. The third kappa shape index (κ3) is 3.28. The number of hydrogen-bond acceptors (Lipinski definition) is 3. The fraction of sp³-hybridized carbons (Fsp3) is 0.625. The van der Waals surface area contributed by atoms with E-state index in [9.17, 15) is 0 Å². The summed E-state index contributed by atoms with van der Waals surface area (Å²) in [6.45, 7) is 9.99. The van der Waals surface area contributed by atoms with Gasteiger partial charge >= 0.3 is 0 Å². The summed E-state index contributed by atoms with van der Waals surface area (Å²) in [4.78, 5) is 2.51. The van der Waals surface area contributed by atoms with Crippen LogP contribution in [0.3, 0.4) is 0 Å². The first kappa shape index (κ1) is 14.4. The number of ether oxygens (including phenoxy) is 1. The second-order valence-corrected chi connectivity index (χ2v) is 6.01. The monoisotopic (exact) mass is 262 g/mol. The van der Waals surface area contributed by atoms with Crippen molar-refractivity contribution in [1.82, 2.24) is 4.90 Å². The van der Waals surface area contributed by atoms with Gasteiger partial charge in [0.05, 0.1) is 7.11 Å². The highest BCUT2D eigenvalue weighted by molar-refractivity contribution is 5.38. The van der Waals surface area contributed by atoms with Gasteiger partial charge < -0.3 is 10.5 Å². The van der Waals surface area contributed by atoms with Crippen molar-refractivity contribution in [3.63, 3.8) is 0 Å². The molecule has 1 aliphatic rings. The molecule has 3 atom stereocenters. The molecule has 1 saturated heterocycles. The van der Waals surface area contributed by atoms with Crippen LogP contribution in [0.4, 0.5) is 0 Å². The lowest BCUT2D eigenvalue weighted by atomic mass is 10.0. The summed E-state index contributed by atoms with van der Waals surface area (Å²) in [5.41, 5.74) is 8.40. The molecule has 1 aromatic rings. The first-order chi connectivity index (χ1) is 9.01. The third-order valence-corrected chi connectivity index (χ3v) is 4.29. The fourth-order valence-electron chi connectivity index (χ4n) is 2.82. The first-order valence-corrected chi connectivity index (χ1v) is 7.16. The predicted octanol–water partition coefficient (Wildman–Crippen LogP) is 2.80. The summed E-state index contributed by atoms with van der Waals surface area (Å²) >= 11 is 0. The van der Waals surface area contributed by atoms with E-state index >= 15 is 0 Å². The zero-order valence-electron chi connectivity index (χ0n) is 12.5. The van der Waals surface area contributed by atoms with Crippen LogP contribution in [0.1, 0.15) is 37.9 Å². The van der Waals surface area contributed by atoms with E-state index in [1.54, 1.807) is 7.11 Å². The molecule has 1 aromatic carbocycles. The van der Waals surface area contributed by atoms with E-state index < -0.39 is 0 Å². The Morgan fingerprint density at radius 3 is 2.47 bits per heavy atom. The molecule has 3 unspecified atom stereocenters. The Morgan fingerprint density at radius 2 is 1.95 bits per heavy atom. The van der Waals surface area contributed by atoms with E-state index in [1.807, 2.05) is 13.0 Å². The molecule has 0 radical (unpaired) electrons. The van der Waals surface area contributed by atoms with Crippen molar-refractivity contribution in [3.8, 4) is 5.75 Å². The maximum Gasteiger partial charge on any atom is 0.123 e. The van der Waals surface area contributed by atoms with E-state index in [0.29, 0.717) is 0 Å². The molecule has 0 spiro atoms. The molecule has 0 bridgehead atoms. The van der Waals surface area contributed by atoms with Crippen LogP contribution in [0, 0.1) is 11.8 Å². The van der Waals surface area contributed by atoms with Crippen molar-refractivity contribution in [3.05, 3.63) is 29.3 Å². The second kappa shape index (κ2) is 5.93. The summed E-state index contributed by atoms with van der Waals surface area (Å²) in [5, 5.41) is 0. The zero-order valence-corrected chi connectivity index (χ0v) is 12.5. The van der Waals surface area contributed by atoms with Gasteiger partial charge in [-0.2, -0.15) is 0 Å². The smallest absolute Gasteiger partial charge is 0.123 e. The van der Waals surface area contributed by atoms with Crippen molar-refractivity contribution >= 4 is 0 Å². The third-order valence-electron chi connectivity index (χ3n) is 4.29. The van der Waals surface area contributed by atoms with E-state index in [2.05, 4.69) is 30.9 Å². The van der Waals surface area contributed by atoms with Gasteiger partial charge in [0.25, 0.3) is 0 Å². The Hall–Kier alpha value is -1.06. The number of hydrogen-bond donors (Lipinski definition) is 1. The van der Waals surface area contributed by atoms with Crippen LogP contribution in [-0.2, 0) is 6.54 Å². The molecule has 0 aromatic heterocycles. The first-order valence-electron chi connectivity index (χ1n) is 7.16. The Labute approximate surface area is 116 Å². The molecular weight excluding hydrogens is 236 g/mol. The molecule has 1 aliphatic heterocycles. The van der Waals surface area contributed by atoms with Gasteiger partial charge in [-0.1, -0.05) is 19.9 Å². The molecule has 0 aliphatic carbocycles. The van der Waals surface area contributed by atoms with Crippen molar-refractivity contribution in [2.24, 2.45) is 17.6 Å². The summed E-state index contributed by atoms with van der Waals surface area (Å²) in [6, 6.07) is 6.36. The van der Waals surface area contributed by atoms with Gasteiger partial charge in [-0.05, 0) is 36.5 Å². The van der Waals surface area contributed by atoms with Gasteiger partial charge in [-0.3, -0.25) is 4.90 Å². The molecule has 106 valence electrons. The Morgan fingerprint density at radius 1 is 1.32 bits per heavy atom. The number of benzene rings is 1. The van der Waals surface area contributed by atoms with Gasteiger partial charge in [0, 0.05) is 31.2 Å². The minimum absolute atomic E-state index is 0.0704. The predicted molar refractivity (Wildman–Crippen MR) is 79.2 cm³/mol. The standard InChI is InChI=1S/C16H26N2O/c1-11-8-18(9-12(11)2)10-15-7-14(13(3)17)5-6-16(15)19-4/h5-7,11-13H,8-10,17H2,1-4H3. The lowest BCUT2D eigenvalue weighted by molar-refractivity contribution is 0.307. The number of methoxy groups -OCH3 is 1. The van der Waals surface area contributed by atoms with E-state index in [4.69, 9.17) is 10.5 Å². The molecule has 2 N–H and O–H groups in total. The summed E-state index contributed by atoms with van der Waals surface area (Å²) in [7, 11) is 1.74. The van der Waals surface area contributed by atoms with Crippen molar-refractivity contribution in [1.29, 1.82) is 0 Å². The maximum absolute atomic E-state index is 5.97. The molecule has 19 heavy (non-hydrogen) atoms. The summed E-state index contributed by atoms with van der Waals surface area (Å²) in [5.74, 6) is 2.53. The topological polar surface area (TPSA) is 38.5 Å². The van der Waals surface area contributed by atoms with E-state index in [-0.39, 0.29) is 6.04 Å². The number of likely N-dealkylation sites (tertiary alicyclic amines) is 1. The molecule has 1 heterocycles. The van der Waals surface area contributed by atoms with Crippen LogP contribution in [-0.4, -0.2) is 25.1 Å². The summed E-state index contributed by atoms with van der Waals surface area (Å²) in [6.07, 6.45) is 0. The number of nitrogens with two attached hydrogens (primary N) is 1. The average molecular weight is 262 g/mol. The van der Waals surface area contributed by atoms with Crippen molar-refractivity contribution in [2.75, 3.05) is 20.2 Å². The largest absolute Gasteiger partial charge is 0.496 e. The highest BCUT2D eigenvalue weighted by atomic mass is 16.5. The highest BCUT2D eigenvalue weighted by Crippen LogP contribution is 2.28. The zero-order chi connectivity index (χ0) is 14.0. The maximum atomic E-state index is 5.97. The molecular formula is C16H26N2O. The molecule has 0 amide bonds. The number of rotatable bonds is 4. The van der Waals surface area contributed by atoms with Crippen LogP contribution in [0.5, 0.6) is 5.75 Å². The molecule has 0 saturated carbocycles. The van der Waals surface area contributed by atoms with E-state index in [1.165, 1.54) is 24.2 Å². The Kier molecular flexibility index (Phi) is 4.48. The van der Waals surface area contributed by atoms with Gasteiger partial charge in [0.2, 0.25) is 0 Å². The quantitative estimate of drug-likeness (QED) is 0.907. The van der Waals surface area contributed by atoms with Crippen molar-refractivity contribution < 1.29 is 4.74 Å². The van der Waals surface area contributed by atoms with Crippen molar-refractivity contribution in [2.45, 2.75) is 33.4 Å². The molecule has 3 heteroatoms. The molecule has 2 rings (SSSR count). The van der Waals surface area contributed by atoms with Crippen LogP contribution in [0.25, 0.3) is 0 Å². The fourth-order valence-corrected chi connectivity index (χ4v) is 2.82. The van der Waals surface area contributed by atoms with Crippen LogP contribution < -0.4 is 10.5 Å². The normalized spacial score (nSPS) is 25.5. The van der Waals surface area contributed by atoms with Crippen LogP contribution in [0.2, 0.25) is 0 Å². The van der Waals surface area contributed by atoms with E-state index in [0.717, 1.165) is 24.1 Å². The average Bonchev–Trinajstić information content (AvgIpc) is 2.68. The van der Waals surface area contributed by atoms with Crippen LogP contribution in [0.15, 0.2) is 18.2 Å². The lowest BCUT2D eigenvalue weighted by Gasteiger charge is -2.19. The molecule has 3 nitrogen and oxygen atoms in total. The second-order valence-electron chi connectivity index (χ2n) is 6.01.